The van der Waals surface area contributed by atoms with Gasteiger partial charge in [-0.05, 0) is 126 Å². The average molecular weight is 699 g/mol. The maximum absolute atomic E-state index is 6.36. The van der Waals surface area contributed by atoms with Crippen LogP contribution < -0.4 is 0 Å². The number of hydrogen-bond donors (Lipinski definition) is 0. The molecule has 11 aromatic rings. The molecule has 9 aromatic carbocycles. The van der Waals surface area contributed by atoms with Gasteiger partial charge in [-0.25, -0.2) is 0 Å². The van der Waals surface area contributed by atoms with Gasteiger partial charge in [0.2, 0.25) is 0 Å². The fourth-order valence-electron chi connectivity index (χ4n) is 10.1. The van der Waals surface area contributed by atoms with Crippen molar-refractivity contribution in [1.29, 1.82) is 0 Å². The van der Waals surface area contributed by atoms with Crippen LogP contribution in [0.15, 0.2) is 191 Å². The number of para-hydroxylation sites is 2. The molecule has 2 aliphatic carbocycles. The zero-order chi connectivity index (χ0) is 35.8. The highest BCUT2D eigenvalue weighted by molar-refractivity contribution is 6.09. The predicted molar refractivity (Wildman–Crippen MR) is 226 cm³/mol. The van der Waals surface area contributed by atoms with Gasteiger partial charge in [-0.15, -0.1) is 0 Å². The van der Waals surface area contributed by atoms with E-state index in [1.54, 1.807) is 0 Å². The van der Waals surface area contributed by atoms with E-state index in [1.165, 1.54) is 66.4 Å². The highest BCUT2D eigenvalue weighted by Gasteiger charge is 2.52. The quantitative estimate of drug-likeness (QED) is 0.180. The monoisotopic (exact) mass is 698 g/mol. The Hall–Kier alpha value is -7.16. The number of fused-ring (bicyclic) bond motifs is 18. The van der Waals surface area contributed by atoms with E-state index >= 15 is 0 Å². The number of hydrogen-bond acceptors (Lipinski definition) is 2. The molecule has 0 unspecified atom stereocenters. The molecule has 0 aliphatic heterocycles. The molecule has 0 radical (unpaired) electrons. The van der Waals surface area contributed by atoms with Crippen LogP contribution in [0, 0.1) is 0 Å². The Morgan fingerprint density at radius 1 is 0.291 bits per heavy atom. The molecule has 0 atom stereocenters. The van der Waals surface area contributed by atoms with Gasteiger partial charge in [-0.3, -0.25) is 0 Å². The Balaban J connectivity index is 1.04. The first-order chi connectivity index (χ1) is 27.2. The average Bonchev–Trinajstić information content (AvgIpc) is 3.97. The standard InChI is InChI=1S/C53H30O2/c1-5-13-45-37(9-1)38-10-2-6-14-46(38)53(45)47-28-32(34-20-25-43-41-12-4-8-16-49(41)55-51(43)30-34)18-23-39(47)44-26-21-35-27-31(17-22-36(35)52(44)53)33-19-24-42-40-11-3-7-15-48(40)54-50(42)29-33/h1-30H. The molecule has 254 valence electrons. The summed E-state index contributed by atoms with van der Waals surface area (Å²) in [6.07, 6.45) is 0. The Kier molecular flexibility index (Phi) is 5.59. The maximum Gasteiger partial charge on any atom is 0.136 e. The first kappa shape index (κ1) is 29.3. The molecule has 1 spiro atoms. The van der Waals surface area contributed by atoms with Crippen LogP contribution in [0.1, 0.15) is 22.3 Å². The Morgan fingerprint density at radius 3 is 1.38 bits per heavy atom. The van der Waals surface area contributed by atoms with E-state index in [0.29, 0.717) is 0 Å². The van der Waals surface area contributed by atoms with Gasteiger partial charge in [0.1, 0.15) is 22.3 Å². The Bertz CT molecular complexity index is 3400. The van der Waals surface area contributed by atoms with Crippen molar-refractivity contribution in [2.45, 2.75) is 5.41 Å². The van der Waals surface area contributed by atoms with Crippen molar-refractivity contribution in [3.8, 4) is 44.5 Å². The van der Waals surface area contributed by atoms with Crippen molar-refractivity contribution in [2.75, 3.05) is 0 Å². The third-order valence-corrected chi connectivity index (χ3v) is 12.5. The molecule has 0 saturated heterocycles. The second kappa shape index (κ2) is 10.5. The van der Waals surface area contributed by atoms with Crippen LogP contribution in [-0.2, 0) is 5.41 Å². The van der Waals surface area contributed by atoms with E-state index in [0.717, 1.165) is 55.0 Å². The smallest absolute Gasteiger partial charge is 0.136 e. The number of benzene rings is 9. The fourth-order valence-corrected chi connectivity index (χ4v) is 10.1. The molecular weight excluding hydrogens is 669 g/mol. The van der Waals surface area contributed by atoms with Gasteiger partial charge in [0, 0.05) is 21.5 Å². The summed E-state index contributed by atoms with van der Waals surface area (Å²) in [5, 5.41) is 7.10. The van der Waals surface area contributed by atoms with E-state index in [2.05, 4.69) is 158 Å². The van der Waals surface area contributed by atoms with Gasteiger partial charge < -0.3 is 8.83 Å². The van der Waals surface area contributed by atoms with Gasteiger partial charge in [-0.2, -0.15) is 0 Å². The van der Waals surface area contributed by atoms with E-state index in [1.807, 2.05) is 24.3 Å². The second-order valence-electron chi connectivity index (χ2n) is 15.1. The minimum absolute atomic E-state index is 0.481. The van der Waals surface area contributed by atoms with E-state index in [9.17, 15) is 0 Å². The molecule has 0 amide bonds. The zero-order valence-electron chi connectivity index (χ0n) is 29.6. The van der Waals surface area contributed by atoms with Crippen LogP contribution in [0.3, 0.4) is 0 Å². The van der Waals surface area contributed by atoms with Crippen molar-refractivity contribution < 1.29 is 8.83 Å². The lowest BCUT2D eigenvalue weighted by atomic mass is 9.69. The van der Waals surface area contributed by atoms with Gasteiger partial charge in [0.25, 0.3) is 0 Å². The maximum atomic E-state index is 6.36. The molecule has 0 saturated carbocycles. The third kappa shape index (κ3) is 3.78. The molecule has 0 N–H and O–H groups in total. The van der Waals surface area contributed by atoms with Crippen molar-refractivity contribution in [3.63, 3.8) is 0 Å². The molecule has 2 nitrogen and oxygen atoms in total. The van der Waals surface area contributed by atoms with Crippen LogP contribution in [0.5, 0.6) is 0 Å². The Labute approximate surface area is 316 Å². The largest absolute Gasteiger partial charge is 0.456 e. The number of rotatable bonds is 2. The van der Waals surface area contributed by atoms with E-state index < -0.39 is 5.41 Å². The van der Waals surface area contributed by atoms with Gasteiger partial charge in [-0.1, -0.05) is 133 Å². The van der Waals surface area contributed by atoms with Crippen LogP contribution in [0.4, 0.5) is 0 Å². The summed E-state index contributed by atoms with van der Waals surface area (Å²) in [7, 11) is 0. The lowest BCUT2D eigenvalue weighted by Gasteiger charge is -2.31. The summed E-state index contributed by atoms with van der Waals surface area (Å²) in [6, 6.07) is 66.8. The minimum Gasteiger partial charge on any atom is -0.456 e. The van der Waals surface area contributed by atoms with Crippen molar-refractivity contribution >= 4 is 54.6 Å². The van der Waals surface area contributed by atoms with Crippen LogP contribution in [0.25, 0.3) is 99.2 Å². The second-order valence-corrected chi connectivity index (χ2v) is 15.1. The van der Waals surface area contributed by atoms with E-state index in [4.69, 9.17) is 8.83 Å². The van der Waals surface area contributed by atoms with Crippen molar-refractivity contribution in [3.05, 3.63) is 204 Å². The fraction of sp³-hybridized carbons (Fsp3) is 0.0189. The molecule has 0 bridgehead atoms. The highest BCUT2D eigenvalue weighted by Crippen LogP contribution is 2.64. The highest BCUT2D eigenvalue weighted by atomic mass is 16.3. The van der Waals surface area contributed by atoms with Crippen molar-refractivity contribution in [2.24, 2.45) is 0 Å². The first-order valence-corrected chi connectivity index (χ1v) is 19.0. The first-order valence-electron chi connectivity index (χ1n) is 19.0. The van der Waals surface area contributed by atoms with Gasteiger partial charge in [0.05, 0.1) is 5.41 Å². The molecule has 2 heteroatoms. The molecular formula is C53H30O2. The molecule has 13 rings (SSSR count). The normalized spacial score (nSPS) is 13.6. The molecule has 2 aromatic heterocycles. The summed E-state index contributed by atoms with van der Waals surface area (Å²) in [5.74, 6) is 0. The Morgan fingerprint density at radius 2 is 0.745 bits per heavy atom. The van der Waals surface area contributed by atoms with Crippen LogP contribution in [-0.4, -0.2) is 0 Å². The SMILES string of the molecule is c1ccc2c(c1)-c1ccccc1C21c2cc(-c3ccc4c(c3)oc3ccccc34)ccc2-c2ccc3cc(-c4ccc5c(c4)oc4ccccc45)ccc3c21. The van der Waals surface area contributed by atoms with Crippen LogP contribution >= 0.6 is 0 Å². The van der Waals surface area contributed by atoms with E-state index in [-0.39, 0.29) is 0 Å². The summed E-state index contributed by atoms with van der Waals surface area (Å²) < 4.78 is 12.7. The minimum atomic E-state index is -0.481. The lowest BCUT2D eigenvalue weighted by Crippen LogP contribution is -2.26. The lowest BCUT2D eigenvalue weighted by molar-refractivity contribution is 0.668. The topological polar surface area (TPSA) is 26.3 Å². The molecule has 2 aliphatic rings. The van der Waals surface area contributed by atoms with Gasteiger partial charge in [0.15, 0.2) is 0 Å². The summed E-state index contributed by atoms with van der Waals surface area (Å²) in [6.45, 7) is 0. The summed E-state index contributed by atoms with van der Waals surface area (Å²) in [5.41, 5.74) is 18.4. The van der Waals surface area contributed by atoms with Crippen molar-refractivity contribution in [1.82, 2.24) is 0 Å². The van der Waals surface area contributed by atoms with Gasteiger partial charge >= 0.3 is 0 Å². The molecule has 55 heavy (non-hydrogen) atoms. The molecule has 2 heterocycles. The third-order valence-electron chi connectivity index (χ3n) is 12.5. The van der Waals surface area contributed by atoms with Crippen LogP contribution in [0.2, 0.25) is 0 Å². The number of furan rings is 2. The zero-order valence-corrected chi connectivity index (χ0v) is 29.6. The molecule has 0 fully saturated rings. The summed E-state index contributed by atoms with van der Waals surface area (Å²) >= 11 is 0. The summed E-state index contributed by atoms with van der Waals surface area (Å²) in [4.78, 5) is 0. The predicted octanol–water partition coefficient (Wildman–Crippen LogP) is 14.3.